The van der Waals surface area contributed by atoms with Crippen molar-refractivity contribution in [2.75, 3.05) is 12.0 Å². The quantitative estimate of drug-likeness (QED) is 0.567. The zero-order valence-corrected chi connectivity index (χ0v) is 8.80. The van der Waals surface area contributed by atoms with Crippen molar-refractivity contribution in [2.45, 2.75) is 12.1 Å². The average molecular weight is 206 g/mol. The standard InChI is InChI=1S/C9H10N4S/c1-5-6-3-4-7(10)12-8(6)13-9(11-5)14-2/h3-4H,1-2H3,(H2,10,11,12,13). The predicted octanol–water partition coefficient (Wildman–Crippen LogP) is 1.64. The summed E-state index contributed by atoms with van der Waals surface area (Å²) in [6.45, 7) is 1.95. The molecule has 0 aliphatic heterocycles. The number of fused-ring (bicyclic) bond motifs is 1. The molecule has 0 bridgehead atoms. The van der Waals surface area contributed by atoms with Gasteiger partial charge in [0.05, 0.1) is 5.69 Å². The van der Waals surface area contributed by atoms with Gasteiger partial charge in [-0.25, -0.2) is 15.0 Å². The van der Waals surface area contributed by atoms with E-state index in [9.17, 15) is 0 Å². The molecule has 2 rings (SSSR count). The number of nitrogens with zero attached hydrogens (tertiary/aromatic N) is 3. The van der Waals surface area contributed by atoms with Crippen molar-refractivity contribution in [2.24, 2.45) is 0 Å². The summed E-state index contributed by atoms with van der Waals surface area (Å²) in [6.07, 6.45) is 1.94. The first-order valence-corrected chi connectivity index (χ1v) is 5.38. The van der Waals surface area contributed by atoms with Crippen molar-refractivity contribution < 1.29 is 0 Å². The topological polar surface area (TPSA) is 64.7 Å². The molecule has 2 heterocycles. The first-order chi connectivity index (χ1) is 6.70. The van der Waals surface area contributed by atoms with Crippen LogP contribution in [0.25, 0.3) is 11.0 Å². The van der Waals surface area contributed by atoms with Gasteiger partial charge in [0.2, 0.25) is 0 Å². The van der Waals surface area contributed by atoms with Gasteiger partial charge in [-0.15, -0.1) is 0 Å². The lowest BCUT2D eigenvalue weighted by atomic mass is 10.2. The van der Waals surface area contributed by atoms with Gasteiger partial charge in [0.15, 0.2) is 10.8 Å². The molecule has 2 aromatic heterocycles. The van der Waals surface area contributed by atoms with Crippen molar-refractivity contribution in [3.63, 3.8) is 0 Å². The highest BCUT2D eigenvalue weighted by Crippen LogP contribution is 2.18. The Labute approximate surface area is 86.0 Å². The second-order valence-corrected chi connectivity index (χ2v) is 3.68. The number of hydrogen-bond acceptors (Lipinski definition) is 5. The Balaban J connectivity index is 2.77. The summed E-state index contributed by atoms with van der Waals surface area (Å²) in [6, 6.07) is 3.66. The first-order valence-electron chi connectivity index (χ1n) is 4.15. The number of anilines is 1. The number of thioether (sulfide) groups is 1. The minimum Gasteiger partial charge on any atom is -0.384 e. The van der Waals surface area contributed by atoms with E-state index in [0.717, 1.165) is 16.2 Å². The number of hydrogen-bond donors (Lipinski definition) is 1. The third kappa shape index (κ3) is 1.50. The molecule has 0 atom stereocenters. The second kappa shape index (κ2) is 3.42. The van der Waals surface area contributed by atoms with Gasteiger partial charge in [-0.05, 0) is 25.3 Å². The van der Waals surface area contributed by atoms with Gasteiger partial charge in [0.25, 0.3) is 0 Å². The Morgan fingerprint density at radius 3 is 2.71 bits per heavy atom. The van der Waals surface area contributed by atoms with Crippen LogP contribution in [-0.4, -0.2) is 21.2 Å². The van der Waals surface area contributed by atoms with E-state index in [1.807, 2.05) is 19.2 Å². The molecule has 0 saturated heterocycles. The highest BCUT2D eigenvalue weighted by molar-refractivity contribution is 7.98. The lowest BCUT2D eigenvalue weighted by molar-refractivity contribution is 0.960. The van der Waals surface area contributed by atoms with E-state index >= 15 is 0 Å². The molecule has 0 amide bonds. The molecule has 0 spiro atoms. The summed E-state index contributed by atoms with van der Waals surface area (Å²) in [7, 11) is 0. The molecule has 5 heteroatoms. The summed E-state index contributed by atoms with van der Waals surface area (Å²) in [5.41, 5.74) is 7.19. The van der Waals surface area contributed by atoms with Gasteiger partial charge in [-0.3, -0.25) is 0 Å². The van der Waals surface area contributed by atoms with E-state index in [1.54, 1.807) is 6.07 Å². The van der Waals surface area contributed by atoms with Crippen LogP contribution < -0.4 is 5.73 Å². The number of rotatable bonds is 1. The molecule has 0 aliphatic carbocycles. The Bertz CT molecular complexity index is 483. The summed E-state index contributed by atoms with van der Waals surface area (Å²) < 4.78 is 0. The largest absolute Gasteiger partial charge is 0.384 e. The van der Waals surface area contributed by atoms with Gasteiger partial charge >= 0.3 is 0 Å². The highest BCUT2D eigenvalue weighted by Gasteiger charge is 2.04. The number of nitrogens with two attached hydrogens (primary N) is 1. The molecule has 2 N–H and O–H groups in total. The Kier molecular flexibility index (Phi) is 2.25. The summed E-state index contributed by atoms with van der Waals surface area (Å²) >= 11 is 1.50. The van der Waals surface area contributed by atoms with Crippen molar-refractivity contribution >= 4 is 28.6 Å². The van der Waals surface area contributed by atoms with Crippen LogP contribution in [0.1, 0.15) is 5.69 Å². The maximum Gasteiger partial charge on any atom is 0.189 e. The first kappa shape index (κ1) is 9.21. The zero-order valence-electron chi connectivity index (χ0n) is 7.98. The number of pyridine rings is 1. The van der Waals surface area contributed by atoms with Gasteiger partial charge < -0.3 is 5.73 Å². The van der Waals surface area contributed by atoms with Crippen molar-refractivity contribution in [1.29, 1.82) is 0 Å². The highest BCUT2D eigenvalue weighted by atomic mass is 32.2. The number of nitrogen functional groups attached to an aromatic ring is 1. The molecule has 14 heavy (non-hydrogen) atoms. The van der Waals surface area contributed by atoms with Crippen LogP contribution in [-0.2, 0) is 0 Å². The fraction of sp³-hybridized carbons (Fsp3) is 0.222. The number of aromatic nitrogens is 3. The average Bonchev–Trinajstić information content (AvgIpc) is 2.16. The van der Waals surface area contributed by atoms with E-state index in [2.05, 4.69) is 15.0 Å². The van der Waals surface area contributed by atoms with Crippen molar-refractivity contribution in [3.8, 4) is 0 Å². The van der Waals surface area contributed by atoms with Gasteiger partial charge in [-0.2, -0.15) is 0 Å². The number of aryl methyl sites for hydroxylation is 1. The Morgan fingerprint density at radius 2 is 2.00 bits per heavy atom. The van der Waals surface area contributed by atoms with E-state index in [1.165, 1.54) is 11.8 Å². The van der Waals surface area contributed by atoms with Crippen LogP contribution in [0.15, 0.2) is 17.3 Å². The molecule has 4 nitrogen and oxygen atoms in total. The minimum atomic E-state index is 0.489. The van der Waals surface area contributed by atoms with Crippen LogP contribution in [0, 0.1) is 6.92 Å². The molecule has 0 unspecified atom stereocenters. The molecule has 2 aromatic rings. The fourth-order valence-corrected chi connectivity index (χ4v) is 1.65. The monoisotopic (exact) mass is 206 g/mol. The molecule has 0 aliphatic rings. The van der Waals surface area contributed by atoms with E-state index in [4.69, 9.17) is 5.73 Å². The third-order valence-corrected chi connectivity index (χ3v) is 2.48. The van der Waals surface area contributed by atoms with Gasteiger partial charge in [0, 0.05) is 5.39 Å². The fourth-order valence-electron chi connectivity index (χ4n) is 1.24. The van der Waals surface area contributed by atoms with Crippen molar-refractivity contribution in [3.05, 3.63) is 17.8 Å². The molecule has 0 radical (unpaired) electrons. The van der Waals surface area contributed by atoms with Crippen LogP contribution in [0.4, 0.5) is 5.82 Å². The lowest BCUT2D eigenvalue weighted by Crippen LogP contribution is -1.97. The smallest absolute Gasteiger partial charge is 0.189 e. The SMILES string of the molecule is CSc1nc(C)c2ccc(N)nc2n1. The molecular formula is C9H10N4S. The maximum atomic E-state index is 5.59. The van der Waals surface area contributed by atoms with Crippen LogP contribution in [0.2, 0.25) is 0 Å². The van der Waals surface area contributed by atoms with Gasteiger partial charge in [0.1, 0.15) is 5.82 Å². The molecular weight excluding hydrogens is 196 g/mol. The van der Waals surface area contributed by atoms with Crippen LogP contribution in [0.5, 0.6) is 0 Å². The molecule has 0 fully saturated rings. The predicted molar refractivity (Wildman–Crippen MR) is 58.3 cm³/mol. The van der Waals surface area contributed by atoms with Gasteiger partial charge in [-0.1, -0.05) is 11.8 Å². The lowest BCUT2D eigenvalue weighted by Gasteiger charge is -2.02. The second-order valence-electron chi connectivity index (χ2n) is 2.90. The molecule has 72 valence electrons. The Hall–Kier alpha value is -1.36. The van der Waals surface area contributed by atoms with Crippen LogP contribution in [0.3, 0.4) is 0 Å². The summed E-state index contributed by atoms with van der Waals surface area (Å²) in [5, 5.41) is 1.69. The normalized spacial score (nSPS) is 10.7. The minimum absolute atomic E-state index is 0.489. The summed E-state index contributed by atoms with van der Waals surface area (Å²) in [4.78, 5) is 12.8. The van der Waals surface area contributed by atoms with E-state index in [0.29, 0.717) is 11.5 Å². The zero-order chi connectivity index (χ0) is 10.1. The van der Waals surface area contributed by atoms with E-state index < -0.39 is 0 Å². The summed E-state index contributed by atoms with van der Waals surface area (Å²) in [5.74, 6) is 0.489. The maximum absolute atomic E-state index is 5.59. The molecule has 0 saturated carbocycles. The molecule has 0 aromatic carbocycles. The van der Waals surface area contributed by atoms with E-state index in [-0.39, 0.29) is 0 Å². The van der Waals surface area contributed by atoms with Crippen molar-refractivity contribution in [1.82, 2.24) is 15.0 Å². The van der Waals surface area contributed by atoms with Crippen LogP contribution >= 0.6 is 11.8 Å². The third-order valence-electron chi connectivity index (χ3n) is 1.93. The Morgan fingerprint density at radius 1 is 1.21 bits per heavy atom.